The van der Waals surface area contributed by atoms with Crippen LogP contribution in [-0.4, -0.2) is 32.0 Å². The molecule has 0 spiro atoms. The highest BCUT2D eigenvalue weighted by Gasteiger charge is 2.22. The number of carbonyl (C=O) groups is 2. The summed E-state index contributed by atoms with van der Waals surface area (Å²) in [6.45, 7) is 0.546. The Bertz CT molecular complexity index is 595. The van der Waals surface area contributed by atoms with Crippen molar-refractivity contribution in [2.75, 3.05) is 30.4 Å². The van der Waals surface area contributed by atoms with Crippen LogP contribution >= 0.6 is 0 Å². The first-order valence-electron chi connectivity index (χ1n) is 5.92. The Labute approximate surface area is 110 Å². The molecule has 98 valence electrons. The number of hydrogen-bond acceptors (Lipinski definition) is 4. The number of nitrogens with zero attached hydrogens (tertiary/aromatic N) is 1. The SMILES string of the molecule is CN1C(=O)COc2cc(NC3=CC(=O)NC3)ccc21. The van der Waals surface area contributed by atoms with Gasteiger partial charge in [-0.25, -0.2) is 0 Å². The van der Waals surface area contributed by atoms with E-state index in [-0.39, 0.29) is 18.4 Å². The molecule has 0 saturated heterocycles. The van der Waals surface area contributed by atoms with Crippen molar-refractivity contribution in [3.63, 3.8) is 0 Å². The lowest BCUT2D eigenvalue weighted by Crippen LogP contribution is -2.35. The molecule has 2 amide bonds. The number of rotatable bonds is 2. The van der Waals surface area contributed by atoms with Crippen molar-refractivity contribution in [1.29, 1.82) is 0 Å². The van der Waals surface area contributed by atoms with Crippen molar-refractivity contribution in [2.24, 2.45) is 0 Å². The summed E-state index contributed by atoms with van der Waals surface area (Å²) in [6.07, 6.45) is 1.52. The largest absolute Gasteiger partial charge is 0.481 e. The summed E-state index contributed by atoms with van der Waals surface area (Å²) in [7, 11) is 1.72. The third-order valence-electron chi connectivity index (χ3n) is 3.11. The summed E-state index contributed by atoms with van der Waals surface area (Å²) in [6, 6.07) is 5.49. The standard InChI is InChI=1S/C13H13N3O3/c1-16-10-3-2-8(4-11(10)19-7-13(16)18)15-9-5-12(17)14-6-9/h2-5,15H,6-7H2,1H3,(H,14,17). The summed E-state index contributed by atoms with van der Waals surface area (Å²) < 4.78 is 5.40. The molecule has 1 aromatic carbocycles. The first kappa shape index (κ1) is 11.6. The van der Waals surface area contributed by atoms with E-state index in [1.807, 2.05) is 18.2 Å². The molecule has 1 aromatic rings. The molecule has 2 N–H and O–H groups in total. The van der Waals surface area contributed by atoms with Gasteiger partial charge in [0.25, 0.3) is 5.91 Å². The van der Waals surface area contributed by atoms with E-state index in [9.17, 15) is 9.59 Å². The average molecular weight is 259 g/mol. The van der Waals surface area contributed by atoms with Gasteiger partial charge in [-0.2, -0.15) is 0 Å². The molecule has 0 bridgehead atoms. The highest BCUT2D eigenvalue weighted by molar-refractivity contribution is 5.97. The molecule has 0 fully saturated rings. The lowest BCUT2D eigenvalue weighted by Gasteiger charge is -2.26. The number of ether oxygens (including phenoxy) is 1. The van der Waals surface area contributed by atoms with E-state index in [0.717, 1.165) is 17.1 Å². The van der Waals surface area contributed by atoms with E-state index in [1.165, 1.54) is 6.08 Å². The Hall–Kier alpha value is -2.50. The fourth-order valence-electron chi connectivity index (χ4n) is 2.06. The highest BCUT2D eigenvalue weighted by Crippen LogP contribution is 2.33. The number of nitrogens with one attached hydrogen (secondary N) is 2. The lowest BCUT2D eigenvalue weighted by molar-refractivity contribution is -0.121. The molecular formula is C13H13N3O3. The summed E-state index contributed by atoms with van der Waals surface area (Å²) in [5.41, 5.74) is 2.38. The molecule has 6 heteroatoms. The van der Waals surface area contributed by atoms with Gasteiger partial charge in [-0.15, -0.1) is 0 Å². The minimum atomic E-state index is -0.0953. The zero-order valence-electron chi connectivity index (χ0n) is 10.4. The third-order valence-corrected chi connectivity index (χ3v) is 3.11. The summed E-state index contributed by atoms with van der Waals surface area (Å²) in [5.74, 6) is 0.494. The monoisotopic (exact) mass is 259 g/mol. The fraction of sp³-hybridized carbons (Fsp3) is 0.231. The van der Waals surface area contributed by atoms with Gasteiger partial charge in [0.15, 0.2) is 6.61 Å². The fourth-order valence-corrected chi connectivity index (χ4v) is 2.06. The number of anilines is 2. The molecule has 19 heavy (non-hydrogen) atoms. The number of carbonyl (C=O) groups excluding carboxylic acids is 2. The van der Waals surface area contributed by atoms with Gasteiger partial charge in [0.2, 0.25) is 5.91 Å². The van der Waals surface area contributed by atoms with E-state index < -0.39 is 0 Å². The van der Waals surface area contributed by atoms with Gasteiger partial charge >= 0.3 is 0 Å². The highest BCUT2D eigenvalue weighted by atomic mass is 16.5. The Kier molecular flexibility index (Phi) is 2.63. The Morgan fingerprint density at radius 3 is 2.95 bits per heavy atom. The maximum atomic E-state index is 11.5. The first-order valence-corrected chi connectivity index (χ1v) is 5.92. The second-order valence-corrected chi connectivity index (χ2v) is 4.44. The van der Waals surface area contributed by atoms with Crippen LogP contribution in [0.3, 0.4) is 0 Å². The third kappa shape index (κ3) is 2.12. The van der Waals surface area contributed by atoms with Crippen LogP contribution in [0, 0.1) is 0 Å². The van der Waals surface area contributed by atoms with Crippen LogP contribution < -0.4 is 20.3 Å². The minimum absolute atomic E-state index is 0.0513. The second kappa shape index (κ2) is 4.31. The number of fused-ring (bicyclic) bond motifs is 1. The number of hydrogen-bond donors (Lipinski definition) is 2. The van der Waals surface area contributed by atoms with E-state index in [4.69, 9.17) is 4.74 Å². The van der Waals surface area contributed by atoms with Gasteiger partial charge in [-0.3, -0.25) is 9.59 Å². The molecule has 2 aliphatic heterocycles. The van der Waals surface area contributed by atoms with Gasteiger partial charge in [-0.05, 0) is 12.1 Å². The van der Waals surface area contributed by atoms with E-state index >= 15 is 0 Å². The molecular weight excluding hydrogens is 246 g/mol. The minimum Gasteiger partial charge on any atom is -0.481 e. The Morgan fingerprint density at radius 1 is 1.37 bits per heavy atom. The molecule has 0 atom stereocenters. The van der Waals surface area contributed by atoms with Crippen LogP contribution in [0.4, 0.5) is 11.4 Å². The molecule has 3 rings (SSSR count). The molecule has 6 nitrogen and oxygen atoms in total. The molecule has 0 saturated carbocycles. The van der Waals surface area contributed by atoms with Gasteiger partial charge < -0.3 is 20.3 Å². The Balaban J connectivity index is 1.84. The zero-order chi connectivity index (χ0) is 13.4. The van der Waals surface area contributed by atoms with Crippen molar-refractivity contribution in [3.05, 3.63) is 30.0 Å². The van der Waals surface area contributed by atoms with Gasteiger partial charge in [0.1, 0.15) is 5.75 Å². The van der Waals surface area contributed by atoms with Crippen LogP contribution in [0.2, 0.25) is 0 Å². The van der Waals surface area contributed by atoms with E-state index in [1.54, 1.807) is 11.9 Å². The van der Waals surface area contributed by atoms with E-state index in [0.29, 0.717) is 12.3 Å². The van der Waals surface area contributed by atoms with Crippen molar-refractivity contribution >= 4 is 23.2 Å². The topological polar surface area (TPSA) is 70.7 Å². The van der Waals surface area contributed by atoms with E-state index in [2.05, 4.69) is 10.6 Å². The summed E-state index contributed by atoms with van der Waals surface area (Å²) >= 11 is 0. The normalized spacial score (nSPS) is 17.5. The van der Waals surface area contributed by atoms with Gasteiger partial charge in [0, 0.05) is 30.6 Å². The lowest BCUT2D eigenvalue weighted by atomic mass is 10.2. The predicted molar refractivity (Wildman–Crippen MR) is 70.1 cm³/mol. The van der Waals surface area contributed by atoms with Crippen molar-refractivity contribution < 1.29 is 14.3 Å². The molecule has 0 radical (unpaired) electrons. The molecule has 0 aromatic heterocycles. The zero-order valence-corrected chi connectivity index (χ0v) is 10.4. The van der Waals surface area contributed by atoms with Gasteiger partial charge in [0.05, 0.1) is 12.2 Å². The molecule has 2 aliphatic rings. The smallest absolute Gasteiger partial charge is 0.264 e. The number of likely N-dealkylation sites (N-methyl/N-ethyl adjacent to an activating group) is 1. The van der Waals surface area contributed by atoms with Crippen LogP contribution in [0.25, 0.3) is 0 Å². The summed E-state index contributed by atoms with van der Waals surface area (Å²) in [4.78, 5) is 24.1. The molecule has 2 heterocycles. The first-order chi connectivity index (χ1) is 9.13. The number of amides is 2. The molecule has 0 unspecified atom stereocenters. The van der Waals surface area contributed by atoms with Crippen molar-refractivity contribution in [1.82, 2.24) is 5.32 Å². The van der Waals surface area contributed by atoms with Crippen molar-refractivity contribution in [3.8, 4) is 5.75 Å². The second-order valence-electron chi connectivity index (χ2n) is 4.44. The van der Waals surface area contributed by atoms with Crippen LogP contribution in [0.15, 0.2) is 30.0 Å². The van der Waals surface area contributed by atoms with Crippen LogP contribution in [0.5, 0.6) is 5.75 Å². The molecule has 0 aliphatic carbocycles. The van der Waals surface area contributed by atoms with Gasteiger partial charge in [-0.1, -0.05) is 0 Å². The maximum absolute atomic E-state index is 11.5. The predicted octanol–water partition coefficient (Wildman–Crippen LogP) is 0.467. The number of benzene rings is 1. The average Bonchev–Trinajstić information content (AvgIpc) is 2.80. The van der Waals surface area contributed by atoms with Crippen molar-refractivity contribution in [2.45, 2.75) is 0 Å². The van der Waals surface area contributed by atoms with Crippen LogP contribution in [0.1, 0.15) is 0 Å². The maximum Gasteiger partial charge on any atom is 0.264 e. The Morgan fingerprint density at radius 2 is 2.21 bits per heavy atom. The van der Waals surface area contributed by atoms with Crippen LogP contribution in [-0.2, 0) is 9.59 Å². The quantitative estimate of drug-likeness (QED) is 0.810. The summed E-state index contributed by atoms with van der Waals surface area (Å²) in [5, 5.41) is 5.83.